The van der Waals surface area contributed by atoms with Crippen LogP contribution in [0.3, 0.4) is 0 Å². The van der Waals surface area contributed by atoms with Crippen LogP contribution in [0.5, 0.6) is 5.75 Å². The quantitative estimate of drug-likeness (QED) is 0.698. The van der Waals surface area contributed by atoms with Crippen LogP contribution >= 0.6 is 23.2 Å². The van der Waals surface area contributed by atoms with Gasteiger partial charge in [-0.2, -0.15) is 5.26 Å². The van der Waals surface area contributed by atoms with E-state index in [0.29, 0.717) is 33.7 Å². The minimum atomic E-state index is -0.263. The number of nitrogens with one attached hydrogen (secondary N) is 1. The van der Waals surface area contributed by atoms with Crippen molar-refractivity contribution >= 4 is 34.8 Å². The molecular weight excluding hydrogens is 423 g/mol. The average molecular weight is 447 g/mol. The first kappa shape index (κ1) is 22.4. The van der Waals surface area contributed by atoms with Gasteiger partial charge in [0, 0.05) is 38.4 Å². The number of para-hydroxylation sites is 1. The lowest BCUT2D eigenvalue weighted by Gasteiger charge is -2.37. The van der Waals surface area contributed by atoms with E-state index in [2.05, 4.69) is 15.1 Å². The van der Waals surface area contributed by atoms with Crippen LogP contribution in [0.1, 0.15) is 12.5 Å². The average Bonchev–Trinajstić information content (AvgIpc) is 2.75. The van der Waals surface area contributed by atoms with Gasteiger partial charge in [0.2, 0.25) is 5.91 Å². The van der Waals surface area contributed by atoms with Crippen molar-refractivity contribution in [3.8, 4) is 11.8 Å². The lowest BCUT2D eigenvalue weighted by atomic mass is 10.2. The summed E-state index contributed by atoms with van der Waals surface area (Å²) in [5, 5.41) is 12.8. The van der Waals surface area contributed by atoms with E-state index in [1.54, 1.807) is 18.2 Å². The molecule has 2 aromatic rings. The van der Waals surface area contributed by atoms with E-state index in [1.807, 2.05) is 37.3 Å². The molecule has 0 bridgehead atoms. The van der Waals surface area contributed by atoms with E-state index >= 15 is 0 Å². The Morgan fingerprint density at radius 1 is 1.17 bits per heavy atom. The first-order chi connectivity index (χ1) is 14.5. The Kier molecular flexibility index (Phi) is 7.94. The molecule has 8 heteroatoms. The van der Waals surface area contributed by atoms with Crippen molar-refractivity contribution in [2.45, 2.75) is 13.0 Å². The lowest BCUT2D eigenvalue weighted by molar-refractivity contribution is -0.121. The summed E-state index contributed by atoms with van der Waals surface area (Å²) in [5.41, 5.74) is 0.976. The third-order valence-electron chi connectivity index (χ3n) is 5.19. The van der Waals surface area contributed by atoms with Gasteiger partial charge in [-0.25, -0.2) is 0 Å². The minimum Gasteiger partial charge on any atom is -0.491 e. The number of halogens is 2. The zero-order chi connectivity index (χ0) is 21.5. The first-order valence-corrected chi connectivity index (χ1v) is 10.6. The van der Waals surface area contributed by atoms with Gasteiger partial charge in [0.15, 0.2) is 0 Å². The van der Waals surface area contributed by atoms with E-state index in [-0.39, 0.29) is 11.9 Å². The number of amides is 1. The summed E-state index contributed by atoms with van der Waals surface area (Å²) in [5.74, 6) is 0.609. The van der Waals surface area contributed by atoms with Gasteiger partial charge in [-0.05, 0) is 37.3 Å². The van der Waals surface area contributed by atoms with Crippen molar-refractivity contribution in [3.05, 3.63) is 58.1 Å². The van der Waals surface area contributed by atoms with E-state index in [9.17, 15) is 4.79 Å². The van der Waals surface area contributed by atoms with Crippen molar-refractivity contribution in [1.82, 2.24) is 9.80 Å². The molecule has 1 atom stereocenters. The Morgan fingerprint density at radius 2 is 1.90 bits per heavy atom. The molecule has 1 unspecified atom stereocenters. The Balaban J connectivity index is 1.42. The van der Waals surface area contributed by atoms with Gasteiger partial charge in [-0.1, -0.05) is 35.3 Å². The molecule has 3 rings (SSSR count). The Bertz CT molecular complexity index is 924. The van der Waals surface area contributed by atoms with E-state index < -0.39 is 0 Å². The summed E-state index contributed by atoms with van der Waals surface area (Å²) >= 11 is 12.1. The lowest BCUT2D eigenvalue weighted by Crippen LogP contribution is -2.53. The van der Waals surface area contributed by atoms with Crippen molar-refractivity contribution in [1.29, 1.82) is 5.26 Å². The highest BCUT2D eigenvalue weighted by Crippen LogP contribution is 2.23. The molecule has 1 amide bonds. The van der Waals surface area contributed by atoms with Crippen LogP contribution in [0.4, 0.5) is 5.69 Å². The van der Waals surface area contributed by atoms with E-state index in [0.717, 1.165) is 32.7 Å². The first-order valence-electron chi connectivity index (χ1n) is 9.82. The summed E-state index contributed by atoms with van der Waals surface area (Å²) in [6.07, 6.45) is 0. The SMILES string of the molecule is CC(C(=O)Nc1ccc(C#N)c(Cl)c1)N1CCN(CCOc2ccccc2Cl)CC1. The van der Waals surface area contributed by atoms with Gasteiger partial charge < -0.3 is 10.1 Å². The maximum absolute atomic E-state index is 12.6. The molecule has 0 aromatic heterocycles. The van der Waals surface area contributed by atoms with Gasteiger partial charge in [0.1, 0.15) is 18.4 Å². The number of anilines is 1. The van der Waals surface area contributed by atoms with Gasteiger partial charge in [-0.15, -0.1) is 0 Å². The second-order valence-electron chi connectivity index (χ2n) is 7.13. The number of carbonyl (C=O) groups excluding carboxylic acids is 1. The molecule has 2 aromatic carbocycles. The van der Waals surface area contributed by atoms with Crippen LogP contribution in [-0.2, 0) is 4.79 Å². The maximum Gasteiger partial charge on any atom is 0.241 e. The summed E-state index contributed by atoms with van der Waals surface area (Å²) in [6.45, 7) is 6.61. The minimum absolute atomic E-state index is 0.0914. The zero-order valence-corrected chi connectivity index (χ0v) is 18.3. The number of benzene rings is 2. The molecule has 0 aliphatic carbocycles. The molecule has 1 aliphatic heterocycles. The Labute approximate surface area is 186 Å². The molecule has 1 heterocycles. The van der Waals surface area contributed by atoms with Crippen LogP contribution in [-0.4, -0.2) is 61.1 Å². The van der Waals surface area contributed by atoms with Crippen LogP contribution in [0, 0.1) is 11.3 Å². The van der Waals surface area contributed by atoms with Gasteiger partial charge in [0.25, 0.3) is 0 Å². The highest BCUT2D eigenvalue weighted by Gasteiger charge is 2.25. The number of nitriles is 1. The Hall–Kier alpha value is -2.30. The fraction of sp³-hybridized carbons (Fsp3) is 0.364. The molecule has 1 saturated heterocycles. The number of hydrogen-bond acceptors (Lipinski definition) is 5. The van der Waals surface area contributed by atoms with Crippen molar-refractivity contribution < 1.29 is 9.53 Å². The topological polar surface area (TPSA) is 68.6 Å². The highest BCUT2D eigenvalue weighted by molar-refractivity contribution is 6.32. The predicted octanol–water partition coefficient (Wildman–Crippen LogP) is 3.89. The second kappa shape index (κ2) is 10.6. The number of nitrogens with zero attached hydrogens (tertiary/aromatic N) is 3. The maximum atomic E-state index is 12.6. The Morgan fingerprint density at radius 3 is 2.57 bits per heavy atom. The number of hydrogen-bond donors (Lipinski definition) is 1. The van der Waals surface area contributed by atoms with Crippen LogP contribution < -0.4 is 10.1 Å². The van der Waals surface area contributed by atoms with E-state index in [4.69, 9.17) is 33.2 Å². The van der Waals surface area contributed by atoms with Gasteiger partial charge >= 0.3 is 0 Å². The third-order valence-corrected chi connectivity index (χ3v) is 5.82. The molecule has 0 spiro atoms. The highest BCUT2D eigenvalue weighted by atomic mass is 35.5. The number of piperazine rings is 1. The van der Waals surface area contributed by atoms with Crippen LogP contribution in [0.15, 0.2) is 42.5 Å². The van der Waals surface area contributed by atoms with E-state index in [1.165, 1.54) is 0 Å². The number of rotatable bonds is 7. The molecule has 0 radical (unpaired) electrons. The number of ether oxygens (including phenoxy) is 1. The third kappa shape index (κ3) is 5.87. The zero-order valence-electron chi connectivity index (χ0n) is 16.8. The van der Waals surface area contributed by atoms with Gasteiger partial charge in [0.05, 0.1) is 21.7 Å². The van der Waals surface area contributed by atoms with Crippen LogP contribution in [0.2, 0.25) is 10.0 Å². The molecule has 1 N–H and O–H groups in total. The normalized spacial score (nSPS) is 15.9. The van der Waals surface area contributed by atoms with Crippen molar-refractivity contribution in [2.75, 3.05) is 44.6 Å². The monoisotopic (exact) mass is 446 g/mol. The molecule has 0 saturated carbocycles. The molecule has 30 heavy (non-hydrogen) atoms. The molecule has 158 valence electrons. The summed E-state index contributed by atoms with van der Waals surface area (Å²) < 4.78 is 5.76. The number of carbonyl (C=O) groups is 1. The predicted molar refractivity (Wildman–Crippen MR) is 119 cm³/mol. The largest absolute Gasteiger partial charge is 0.491 e. The van der Waals surface area contributed by atoms with Gasteiger partial charge in [-0.3, -0.25) is 14.6 Å². The molecule has 1 aliphatic rings. The smallest absolute Gasteiger partial charge is 0.241 e. The fourth-order valence-corrected chi connectivity index (χ4v) is 3.73. The molecule has 6 nitrogen and oxygen atoms in total. The summed E-state index contributed by atoms with van der Waals surface area (Å²) in [6, 6.07) is 14.1. The van der Waals surface area contributed by atoms with Crippen molar-refractivity contribution in [3.63, 3.8) is 0 Å². The molecule has 1 fully saturated rings. The summed E-state index contributed by atoms with van der Waals surface area (Å²) in [7, 11) is 0. The van der Waals surface area contributed by atoms with Crippen LogP contribution in [0.25, 0.3) is 0 Å². The van der Waals surface area contributed by atoms with Crippen molar-refractivity contribution in [2.24, 2.45) is 0 Å². The fourth-order valence-electron chi connectivity index (χ4n) is 3.32. The summed E-state index contributed by atoms with van der Waals surface area (Å²) in [4.78, 5) is 17.1. The standard InChI is InChI=1S/C22H24Cl2N4O2/c1-16(22(29)26-18-7-6-17(15-25)20(24)14-18)28-10-8-27(9-11-28)12-13-30-21-5-3-2-4-19(21)23/h2-7,14,16H,8-13H2,1H3,(H,26,29). The second-order valence-corrected chi connectivity index (χ2v) is 7.94. The molecular formula is C22H24Cl2N4O2.